The van der Waals surface area contributed by atoms with Gasteiger partial charge in [0.1, 0.15) is 5.75 Å². The summed E-state index contributed by atoms with van der Waals surface area (Å²) in [5.74, 6) is 0.850. The van der Waals surface area contributed by atoms with Crippen LogP contribution < -0.4 is 4.74 Å². The summed E-state index contributed by atoms with van der Waals surface area (Å²) < 4.78 is 10.7. The van der Waals surface area contributed by atoms with Crippen LogP contribution in [0, 0.1) is 0 Å². The third-order valence-electron chi connectivity index (χ3n) is 3.03. The number of benzene rings is 1. The third-order valence-corrected chi connectivity index (χ3v) is 3.03. The number of methoxy groups -OCH3 is 1. The molecule has 4 heteroatoms. The SMILES string of the molecule is COc1cc(CO)ccc1CN1CCOCC1. The quantitative estimate of drug-likeness (QED) is 0.849. The van der Waals surface area contributed by atoms with Crippen molar-refractivity contribution >= 4 is 0 Å². The smallest absolute Gasteiger partial charge is 0.123 e. The summed E-state index contributed by atoms with van der Waals surface area (Å²) in [6, 6.07) is 5.87. The van der Waals surface area contributed by atoms with E-state index in [1.807, 2.05) is 18.2 Å². The average molecular weight is 237 g/mol. The Bertz CT molecular complexity index is 362. The summed E-state index contributed by atoms with van der Waals surface area (Å²) >= 11 is 0. The van der Waals surface area contributed by atoms with Crippen molar-refractivity contribution < 1.29 is 14.6 Å². The Kier molecular flexibility index (Phi) is 4.36. The second kappa shape index (κ2) is 6.00. The highest BCUT2D eigenvalue weighted by Crippen LogP contribution is 2.22. The Morgan fingerprint density at radius 1 is 1.35 bits per heavy atom. The van der Waals surface area contributed by atoms with E-state index in [1.54, 1.807) is 7.11 Å². The molecular weight excluding hydrogens is 218 g/mol. The van der Waals surface area contributed by atoms with Crippen LogP contribution in [-0.4, -0.2) is 43.4 Å². The molecule has 1 N–H and O–H groups in total. The van der Waals surface area contributed by atoms with Gasteiger partial charge < -0.3 is 14.6 Å². The molecule has 1 saturated heterocycles. The zero-order valence-corrected chi connectivity index (χ0v) is 10.2. The molecule has 0 bridgehead atoms. The molecule has 0 radical (unpaired) electrons. The molecule has 1 aliphatic heterocycles. The Balaban J connectivity index is 2.08. The van der Waals surface area contributed by atoms with E-state index >= 15 is 0 Å². The number of morpholine rings is 1. The first-order chi connectivity index (χ1) is 8.33. The van der Waals surface area contributed by atoms with E-state index in [2.05, 4.69) is 4.90 Å². The van der Waals surface area contributed by atoms with Crippen molar-refractivity contribution in [2.24, 2.45) is 0 Å². The number of nitrogens with zero attached hydrogens (tertiary/aromatic N) is 1. The number of rotatable bonds is 4. The maximum absolute atomic E-state index is 9.09. The van der Waals surface area contributed by atoms with Crippen LogP contribution in [0.3, 0.4) is 0 Å². The molecule has 0 amide bonds. The molecule has 0 aliphatic carbocycles. The van der Waals surface area contributed by atoms with E-state index in [0.29, 0.717) is 0 Å². The van der Waals surface area contributed by atoms with Crippen molar-refractivity contribution in [3.05, 3.63) is 29.3 Å². The number of ether oxygens (including phenoxy) is 2. The fourth-order valence-corrected chi connectivity index (χ4v) is 2.02. The topological polar surface area (TPSA) is 41.9 Å². The Hall–Kier alpha value is -1.10. The maximum Gasteiger partial charge on any atom is 0.123 e. The minimum atomic E-state index is 0.0498. The summed E-state index contributed by atoms with van der Waals surface area (Å²) in [6.45, 7) is 4.45. The largest absolute Gasteiger partial charge is 0.496 e. The Morgan fingerprint density at radius 3 is 2.76 bits per heavy atom. The zero-order valence-electron chi connectivity index (χ0n) is 10.2. The van der Waals surface area contributed by atoms with Gasteiger partial charge in [-0.1, -0.05) is 12.1 Å². The van der Waals surface area contributed by atoms with Crippen LogP contribution in [0.2, 0.25) is 0 Å². The molecule has 94 valence electrons. The van der Waals surface area contributed by atoms with Gasteiger partial charge in [0.05, 0.1) is 26.9 Å². The molecule has 0 aromatic heterocycles. The maximum atomic E-state index is 9.09. The summed E-state index contributed by atoms with van der Waals surface area (Å²) in [5, 5.41) is 9.09. The Labute approximate surface area is 102 Å². The molecule has 1 aromatic rings. The van der Waals surface area contributed by atoms with E-state index in [0.717, 1.165) is 49.7 Å². The molecule has 1 fully saturated rings. The lowest BCUT2D eigenvalue weighted by Gasteiger charge is -2.27. The van der Waals surface area contributed by atoms with E-state index in [1.165, 1.54) is 0 Å². The lowest BCUT2D eigenvalue weighted by Crippen LogP contribution is -2.35. The molecule has 1 aliphatic rings. The van der Waals surface area contributed by atoms with Gasteiger partial charge in [0, 0.05) is 25.2 Å². The highest BCUT2D eigenvalue weighted by molar-refractivity contribution is 5.37. The minimum absolute atomic E-state index is 0.0498. The van der Waals surface area contributed by atoms with Gasteiger partial charge in [-0.2, -0.15) is 0 Å². The van der Waals surface area contributed by atoms with Crippen molar-refractivity contribution in [3.63, 3.8) is 0 Å². The van der Waals surface area contributed by atoms with Crippen molar-refractivity contribution in [2.75, 3.05) is 33.4 Å². The molecule has 4 nitrogen and oxygen atoms in total. The normalized spacial score (nSPS) is 17.1. The first-order valence-corrected chi connectivity index (χ1v) is 5.90. The summed E-state index contributed by atoms with van der Waals surface area (Å²) in [4.78, 5) is 2.35. The molecule has 1 heterocycles. The Morgan fingerprint density at radius 2 is 2.12 bits per heavy atom. The van der Waals surface area contributed by atoms with E-state index in [-0.39, 0.29) is 6.61 Å². The predicted molar refractivity (Wildman–Crippen MR) is 65.0 cm³/mol. The van der Waals surface area contributed by atoms with Crippen molar-refractivity contribution in [1.82, 2.24) is 4.90 Å². The van der Waals surface area contributed by atoms with E-state index < -0.39 is 0 Å². The van der Waals surface area contributed by atoms with Crippen LogP contribution in [0.15, 0.2) is 18.2 Å². The lowest BCUT2D eigenvalue weighted by atomic mass is 10.1. The van der Waals surface area contributed by atoms with E-state index in [9.17, 15) is 0 Å². The van der Waals surface area contributed by atoms with Gasteiger partial charge in [-0.05, 0) is 11.6 Å². The van der Waals surface area contributed by atoms with Crippen LogP contribution in [0.4, 0.5) is 0 Å². The fraction of sp³-hybridized carbons (Fsp3) is 0.538. The number of hydrogen-bond acceptors (Lipinski definition) is 4. The van der Waals surface area contributed by atoms with Crippen LogP contribution >= 0.6 is 0 Å². The van der Waals surface area contributed by atoms with E-state index in [4.69, 9.17) is 14.6 Å². The summed E-state index contributed by atoms with van der Waals surface area (Å²) in [6.07, 6.45) is 0. The molecule has 1 aromatic carbocycles. The van der Waals surface area contributed by atoms with Gasteiger partial charge in [0.25, 0.3) is 0 Å². The van der Waals surface area contributed by atoms with Gasteiger partial charge in [-0.3, -0.25) is 4.90 Å². The second-order valence-electron chi connectivity index (χ2n) is 4.19. The van der Waals surface area contributed by atoms with Crippen LogP contribution in [0.5, 0.6) is 5.75 Å². The lowest BCUT2D eigenvalue weighted by molar-refractivity contribution is 0.0339. The molecule has 0 atom stereocenters. The average Bonchev–Trinajstić information content (AvgIpc) is 2.40. The zero-order chi connectivity index (χ0) is 12.1. The molecular formula is C13H19NO3. The number of hydrogen-bond donors (Lipinski definition) is 1. The first kappa shape index (κ1) is 12.4. The van der Waals surface area contributed by atoms with Crippen molar-refractivity contribution in [1.29, 1.82) is 0 Å². The molecule has 0 spiro atoms. The number of aliphatic hydroxyl groups excluding tert-OH is 1. The van der Waals surface area contributed by atoms with Gasteiger partial charge in [0.2, 0.25) is 0 Å². The highest BCUT2D eigenvalue weighted by atomic mass is 16.5. The molecule has 0 saturated carbocycles. The van der Waals surface area contributed by atoms with Crippen LogP contribution in [0.1, 0.15) is 11.1 Å². The third kappa shape index (κ3) is 3.19. The predicted octanol–water partition coefficient (Wildman–Crippen LogP) is 1.02. The molecule has 0 unspecified atom stereocenters. The molecule has 2 rings (SSSR count). The van der Waals surface area contributed by atoms with Crippen molar-refractivity contribution in [2.45, 2.75) is 13.2 Å². The first-order valence-electron chi connectivity index (χ1n) is 5.90. The number of aliphatic hydroxyl groups is 1. The van der Waals surface area contributed by atoms with Crippen LogP contribution in [-0.2, 0) is 17.9 Å². The highest BCUT2D eigenvalue weighted by Gasteiger charge is 2.13. The fourth-order valence-electron chi connectivity index (χ4n) is 2.02. The second-order valence-corrected chi connectivity index (χ2v) is 4.19. The minimum Gasteiger partial charge on any atom is -0.496 e. The van der Waals surface area contributed by atoms with Crippen molar-refractivity contribution in [3.8, 4) is 5.75 Å². The van der Waals surface area contributed by atoms with Gasteiger partial charge in [0.15, 0.2) is 0 Å². The summed E-state index contributed by atoms with van der Waals surface area (Å²) in [7, 11) is 1.67. The summed E-state index contributed by atoms with van der Waals surface area (Å²) in [5.41, 5.74) is 2.04. The van der Waals surface area contributed by atoms with Gasteiger partial charge >= 0.3 is 0 Å². The van der Waals surface area contributed by atoms with Gasteiger partial charge in [-0.25, -0.2) is 0 Å². The van der Waals surface area contributed by atoms with Crippen LogP contribution in [0.25, 0.3) is 0 Å². The molecule has 17 heavy (non-hydrogen) atoms. The van der Waals surface area contributed by atoms with Gasteiger partial charge in [-0.15, -0.1) is 0 Å². The monoisotopic (exact) mass is 237 g/mol. The standard InChI is InChI=1S/C13H19NO3/c1-16-13-8-11(10-15)2-3-12(13)9-14-4-6-17-7-5-14/h2-3,8,15H,4-7,9-10H2,1H3.